The highest BCUT2D eigenvalue weighted by atomic mass is 31.2. The molecule has 152 valence electrons. The summed E-state index contributed by atoms with van der Waals surface area (Å²) >= 11 is 0. The van der Waals surface area contributed by atoms with Crippen LogP contribution in [0.5, 0.6) is 0 Å². The van der Waals surface area contributed by atoms with E-state index in [9.17, 15) is 0 Å². The van der Waals surface area contributed by atoms with E-state index in [1.165, 1.54) is 22.3 Å². The molecule has 0 radical (unpaired) electrons. The van der Waals surface area contributed by atoms with Crippen LogP contribution in [0.1, 0.15) is 26.7 Å². The molecule has 2 unspecified atom stereocenters. The summed E-state index contributed by atoms with van der Waals surface area (Å²) in [6.45, 7) is 8.23. The molecule has 0 aromatic heterocycles. The third-order valence-corrected chi connectivity index (χ3v) is 11.1. The number of aliphatic imine (C=N–C) groups is 1. The molecule has 1 fully saturated rings. The van der Waals surface area contributed by atoms with Gasteiger partial charge in [0.15, 0.2) is 0 Å². The van der Waals surface area contributed by atoms with E-state index >= 15 is 0 Å². The second kappa shape index (κ2) is 9.11. The molecule has 30 heavy (non-hydrogen) atoms. The molecule has 0 aliphatic heterocycles. The largest absolute Gasteiger partial charge is 0.298 e. The molecule has 1 aliphatic rings. The van der Waals surface area contributed by atoms with Crippen LogP contribution in [0.4, 0.5) is 0 Å². The van der Waals surface area contributed by atoms with Gasteiger partial charge in [-0.05, 0) is 81.3 Å². The molecule has 0 amide bonds. The summed E-state index contributed by atoms with van der Waals surface area (Å²) in [6, 6.07) is 33.8. The van der Waals surface area contributed by atoms with Crippen molar-refractivity contribution in [3.05, 3.63) is 102 Å². The van der Waals surface area contributed by atoms with Gasteiger partial charge in [-0.3, -0.25) is 4.99 Å². The second-order valence-electron chi connectivity index (χ2n) is 8.24. The van der Waals surface area contributed by atoms with E-state index in [0.29, 0.717) is 17.9 Å². The van der Waals surface area contributed by atoms with Crippen LogP contribution in [0.25, 0.3) is 0 Å². The van der Waals surface area contributed by atoms with E-state index in [4.69, 9.17) is 0 Å². The van der Waals surface area contributed by atoms with E-state index in [-0.39, 0.29) is 0 Å². The van der Waals surface area contributed by atoms with Gasteiger partial charge in [0, 0.05) is 12.5 Å². The SMILES string of the molecule is C=N[C@@H](C)C1CC1C/C(=C/C)[P+](c1ccccc1)(c1ccccc1)c1ccccc1. The van der Waals surface area contributed by atoms with Gasteiger partial charge in [0.25, 0.3) is 0 Å². The molecule has 1 aliphatic carbocycles. The fourth-order valence-corrected chi connectivity index (χ4v) is 9.49. The van der Waals surface area contributed by atoms with Crippen LogP contribution in [0, 0.1) is 11.8 Å². The van der Waals surface area contributed by atoms with Crippen molar-refractivity contribution in [1.82, 2.24) is 0 Å². The highest BCUT2D eigenvalue weighted by Gasteiger charge is 2.52. The standard InChI is InChI=1S/C28H31NP/c1-4-24(20-23-21-28(23)22(2)29-3)30(25-14-8-5-9-15-25,26-16-10-6-11-17-26)27-18-12-7-13-19-27/h4-19,22-23,28H,3,20-21H2,1-2H3/q+1/b24-4-/t22-,23?,28?/m0/s1. The first-order valence-corrected chi connectivity index (χ1v) is 12.7. The molecular weight excluding hydrogens is 381 g/mol. The van der Waals surface area contributed by atoms with Crippen molar-refractivity contribution in [1.29, 1.82) is 0 Å². The monoisotopic (exact) mass is 412 g/mol. The molecule has 1 nitrogen and oxygen atoms in total. The second-order valence-corrected chi connectivity index (χ2v) is 11.7. The van der Waals surface area contributed by atoms with Gasteiger partial charge in [-0.15, -0.1) is 0 Å². The van der Waals surface area contributed by atoms with Crippen LogP contribution >= 0.6 is 7.26 Å². The first kappa shape index (κ1) is 20.8. The van der Waals surface area contributed by atoms with E-state index in [2.05, 4.69) is 123 Å². The van der Waals surface area contributed by atoms with Crippen molar-refractivity contribution in [3.8, 4) is 0 Å². The summed E-state index contributed by atoms with van der Waals surface area (Å²) in [5, 5.41) is 5.88. The lowest BCUT2D eigenvalue weighted by molar-refractivity contribution is 0.595. The van der Waals surface area contributed by atoms with E-state index in [1.807, 2.05) is 0 Å². The van der Waals surface area contributed by atoms with Crippen molar-refractivity contribution in [2.45, 2.75) is 32.7 Å². The number of allylic oxidation sites excluding steroid dienone is 2. The van der Waals surface area contributed by atoms with Gasteiger partial charge in [0.05, 0.1) is 5.31 Å². The van der Waals surface area contributed by atoms with Gasteiger partial charge < -0.3 is 0 Å². The Bertz CT molecular complexity index is 898. The van der Waals surface area contributed by atoms with Crippen molar-refractivity contribution < 1.29 is 0 Å². The van der Waals surface area contributed by atoms with Crippen LogP contribution in [0.2, 0.25) is 0 Å². The molecule has 0 N–H and O–H groups in total. The first-order valence-electron chi connectivity index (χ1n) is 10.9. The van der Waals surface area contributed by atoms with Crippen LogP contribution in [0.3, 0.4) is 0 Å². The molecule has 3 aromatic rings. The van der Waals surface area contributed by atoms with Crippen LogP contribution in [-0.4, -0.2) is 12.8 Å². The molecule has 3 aromatic carbocycles. The van der Waals surface area contributed by atoms with Gasteiger partial charge in [-0.1, -0.05) is 54.6 Å². The first-order chi connectivity index (χ1) is 14.7. The maximum atomic E-state index is 4.31. The third kappa shape index (κ3) is 3.80. The number of hydrogen-bond acceptors (Lipinski definition) is 1. The Hall–Kier alpha value is -2.50. The lowest BCUT2D eigenvalue weighted by atomic mass is 10.1. The number of benzene rings is 3. The topological polar surface area (TPSA) is 12.4 Å². The quantitative estimate of drug-likeness (QED) is 0.318. The Labute approximate surface area is 181 Å². The number of rotatable bonds is 8. The van der Waals surface area contributed by atoms with Crippen molar-refractivity contribution in [2.24, 2.45) is 16.8 Å². The summed E-state index contributed by atoms with van der Waals surface area (Å²) in [5.41, 5.74) is 0. The summed E-state index contributed by atoms with van der Waals surface area (Å²) in [4.78, 5) is 4.31. The average Bonchev–Trinajstić information content (AvgIpc) is 3.60. The van der Waals surface area contributed by atoms with E-state index < -0.39 is 7.26 Å². The van der Waals surface area contributed by atoms with Crippen molar-refractivity contribution in [3.63, 3.8) is 0 Å². The summed E-state index contributed by atoms with van der Waals surface area (Å²) in [6.07, 6.45) is 4.80. The lowest BCUT2D eigenvalue weighted by Gasteiger charge is -2.30. The smallest absolute Gasteiger partial charge is 0.139 e. The van der Waals surface area contributed by atoms with E-state index in [0.717, 1.165) is 6.42 Å². The molecule has 1 saturated carbocycles. The normalized spacial score (nSPS) is 19.9. The average molecular weight is 413 g/mol. The maximum Gasteiger partial charge on any atom is 0.139 e. The Morgan fingerprint density at radius 1 is 0.900 bits per heavy atom. The maximum absolute atomic E-state index is 4.31. The minimum absolute atomic E-state index is 0.353. The lowest BCUT2D eigenvalue weighted by Crippen LogP contribution is -2.32. The molecule has 0 saturated heterocycles. The van der Waals surface area contributed by atoms with Gasteiger partial charge >= 0.3 is 0 Å². The minimum atomic E-state index is -1.93. The number of hydrogen-bond donors (Lipinski definition) is 0. The number of nitrogens with zero attached hydrogens (tertiary/aromatic N) is 1. The zero-order chi connectivity index (χ0) is 21.0. The Kier molecular flexibility index (Phi) is 6.30. The molecule has 2 heteroatoms. The Balaban J connectivity index is 1.90. The van der Waals surface area contributed by atoms with Gasteiger partial charge in [0.1, 0.15) is 23.2 Å². The molecular formula is C28H31NP+. The summed E-state index contributed by atoms with van der Waals surface area (Å²) < 4.78 is 0. The molecule has 3 atom stereocenters. The van der Waals surface area contributed by atoms with Crippen LogP contribution in [-0.2, 0) is 0 Å². The minimum Gasteiger partial charge on any atom is -0.298 e. The fraction of sp³-hybridized carbons (Fsp3) is 0.250. The Morgan fingerprint density at radius 3 is 1.70 bits per heavy atom. The highest BCUT2D eigenvalue weighted by molar-refractivity contribution is 7.99. The van der Waals surface area contributed by atoms with Crippen LogP contribution in [0.15, 0.2) is 107 Å². The summed E-state index contributed by atoms with van der Waals surface area (Å²) in [7, 11) is -1.93. The fourth-order valence-electron chi connectivity index (χ4n) is 4.85. The predicted molar refractivity (Wildman–Crippen MR) is 134 cm³/mol. The summed E-state index contributed by atoms with van der Waals surface area (Å²) in [5.74, 6) is 1.37. The molecule has 0 spiro atoms. The molecule has 4 rings (SSSR count). The predicted octanol–water partition coefficient (Wildman–Crippen LogP) is 6.00. The van der Waals surface area contributed by atoms with Crippen molar-refractivity contribution >= 4 is 29.9 Å². The molecule has 0 bridgehead atoms. The Morgan fingerprint density at radius 2 is 1.33 bits per heavy atom. The third-order valence-electron chi connectivity index (χ3n) is 6.55. The van der Waals surface area contributed by atoms with E-state index in [1.54, 1.807) is 5.31 Å². The van der Waals surface area contributed by atoms with Crippen LogP contribution < -0.4 is 15.9 Å². The zero-order valence-electron chi connectivity index (χ0n) is 18.0. The van der Waals surface area contributed by atoms with Gasteiger partial charge in [-0.25, -0.2) is 0 Å². The van der Waals surface area contributed by atoms with Crippen molar-refractivity contribution in [2.75, 3.05) is 0 Å². The van der Waals surface area contributed by atoms with Gasteiger partial charge in [-0.2, -0.15) is 0 Å². The zero-order valence-corrected chi connectivity index (χ0v) is 18.9. The van der Waals surface area contributed by atoms with Gasteiger partial charge in [0.2, 0.25) is 0 Å². The molecule has 0 heterocycles. The highest BCUT2D eigenvalue weighted by Crippen LogP contribution is 2.66.